The summed E-state index contributed by atoms with van der Waals surface area (Å²) >= 11 is 0. The smallest absolute Gasteiger partial charge is 0.106 e. The number of nitrogens with zero attached hydrogens (tertiary/aromatic N) is 3. The fourth-order valence-corrected chi connectivity index (χ4v) is 4.08. The molecule has 0 spiro atoms. The van der Waals surface area contributed by atoms with Crippen molar-refractivity contribution in [2.75, 3.05) is 19.6 Å². The van der Waals surface area contributed by atoms with E-state index in [1.54, 1.807) is 0 Å². The predicted molar refractivity (Wildman–Crippen MR) is 134 cm³/mol. The van der Waals surface area contributed by atoms with Crippen LogP contribution in [-0.4, -0.2) is 34.3 Å². The molecule has 3 rings (SSSR count). The normalized spacial score (nSPS) is 21.4. The van der Waals surface area contributed by atoms with Gasteiger partial charge in [0.05, 0.1) is 0 Å². The minimum absolute atomic E-state index is 0.295. The van der Waals surface area contributed by atoms with Gasteiger partial charge in [-0.05, 0) is 44.4 Å². The van der Waals surface area contributed by atoms with Gasteiger partial charge in [-0.2, -0.15) is 0 Å². The first-order valence-electron chi connectivity index (χ1n) is 12.4. The first-order chi connectivity index (χ1) is 15.6. The molecule has 0 aromatic heterocycles. The lowest BCUT2D eigenvalue weighted by Crippen LogP contribution is -2.27. The van der Waals surface area contributed by atoms with Crippen molar-refractivity contribution in [3.63, 3.8) is 0 Å². The lowest BCUT2D eigenvalue weighted by atomic mass is 9.88. The van der Waals surface area contributed by atoms with Crippen LogP contribution < -0.4 is 16.0 Å². The zero-order chi connectivity index (χ0) is 22.8. The zero-order valence-electron chi connectivity index (χ0n) is 20.4. The molecule has 0 atom stereocenters. The number of unbranched alkanes of at least 4 members (excludes halogenated alkanes) is 3. The first kappa shape index (κ1) is 23.9. The van der Waals surface area contributed by atoms with E-state index in [9.17, 15) is 0 Å². The van der Waals surface area contributed by atoms with E-state index in [-0.39, 0.29) is 5.41 Å². The second kappa shape index (κ2) is 11.7. The van der Waals surface area contributed by atoms with Gasteiger partial charge in [-0.25, -0.2) is 0 Å². The third-order valence-corrected chi connectivity index (χ3v) is 5.99. The van der Waals surface area contributed by atoms with Gasteiger partial charge in [0.25, 0.3) is 0 Å². The van der Waals surface area contributed by atoms with Crippen LogP contribution in [0.1, 0.15) is 66.2 Å². The second-order valence-corrected chi connectivity index (χ2v) is 8.98. The number of hydrogen-bond acceptors (Lipinski definition) is 6. The molecule has 0 aromatic carbocycles. The monoisotopic (exact) mass is 438 g/mol. The average molecular weight is 439 g/mol. The molecule has 0 aliphatic carbocycles. The SMILES string of the molecule is CCCCN1C=CN/C1=C/C(C)(/C=C1\NC=CN1CCCC)/C=C1\NC=CN1CCCC. The molecule has 0 saturated carbocycles. The number of rotatable bonds is 12. The Morgan fingerprint density at radius 1 is 0.625 bits per heavy atom. The van der Waals surface area contributed by atoms with E-state index in [4.69, 9.17) is 0 Å². The summed E-state index contributed by atoms with van der Waals surface area (Å²) < 4.78 is 0. The third-order valence-electron chi connectivity index (χ3n) is 5.99. The molecule has 0 fully saturated rings. The van der Waals surface area contributed by atoms with Crippen molar-refractivity contribution in [3.8, 4) is 0 Å². The van der Waals surface area contributed by atoms with Crippen LogP contribution in [0.5, 0.6) is 0 Å². The summed E-state index contributed by atoms with van der Waals surface area (Å²) in [6, 6.07) is 0. The van der Waals surface area contributed by atoms with Crippen molar-refractivity contribution >= 4 is 0 Å². The van der Waals surface area contributed by atoms with Crippen LogP contribution in [0, 0.1) is 5.41 Å². The summed E-state index contributed by atoms with van der Waals surface area (Å²) in [5, 5.41) is 10.4. The van der Waals surface area contributed by atoms with Crippen LogP contribution >= 0.6 is 0 Å². The van der Waals surface area contributed by atoms with E-state index in [0.29, 0.717) is 0 Å². The van der Waals surface area contributed by atoms with Gasteiger partial charge in [0.15, 0.2) is 0 Å². The van der Waals surface area contributed by atoms with Crippen LogP contribution in [0.4, 0.5) is 0 Å². The van der Waals surface area contributed by atoms with Crippen LogP contribution in [0.25, 0.3) is 0 Å². The van der Waals surface area contributed by atoms with Gasteiger partial charge in [0.1, 0.15) is 17.5 Å². The summed E-state index contributed by atoms with van der Waals surface area (Å²) in [4.78, 5) is 6.97. The molecule has 0 saturated heterocycles. The quantitative estimate of drug-likeness (QED) is 0.396. The highest BCUT2D eigenvalue weighted by atomic mass is 15.3. The maximum atomic E-state index is 3.46. The van der Waals surface area contributed by atoms with Gasteiger partial charge in [-0.3, -0.25) is 0 Å². The molecule has 6 heteroatoms. The van der Waals surface area contributed by atoms with Crippen LogP contribution in [0.3, 0.4) is 0 Å². The lowest BCUT2D eigenvalue weighted by molar-refractivity contribution is 0.425. The molecule has 32 heavy (non-hydrogen) atoms. The Bertz CT molecular complexity index is 686. The Labute approximate surface area is 195 Å². The lowest BCUT2D eigenvalue weighted by Gasteiger charge is -2.28. The highest BCUT2D eigenvalue weighted by Crippen LogP contribution is 2.31. The number of hydrogen-bond donors (Lipinski definition) is 3. The minimum atomic E-state index is -0.295. The summed E-state index contributed by atoms with van der Waals surface area (Å²) in [7, 11) is 0. The van der Waals surface area contributed by atoms with Crippen molar-refractivity contribution < 1.29 is 0 Å². The summed E-state index contributed by atoms with van der Waals surface area (Å²) in [5.74, 6) is 3.44. The van der Waals surface area contributed by atoms with E-state index in [1.807, 2.05) is 18.6 Å². The summed E-state index contributed by atoms with van der Waals surface area (Å²) in [6.45, 7) is 12.1. The molecule has 3 N–H and O–H groups in total. The number of nitrogens with one attached hydrogen (secondary N) is 3. The minimum Gasteiger partial charge on any atom is -0.347 e. The van der Waals surface area contributed by atoms with E-state index < -0.39 is 0 Å². The first-order valence-corrected chi connectivity index (χ1v) is 12.4. The maximum Gasteiger partial charge on any atom is 0.106 e. The molecule has 3 aliphatic rings. The molecule has 176 valence electrons. The van der Waals surface area contributed by atoms with Crippen LogP contribution in [-0.2, 0) is 0 Å². The average Bonchev–Trinajstić information content (AvgIpc) is 3.51. The predicted octanol–water partition coefficient (Wildman–Crippen LogP) is 5.05. The molecule has 3 aliphatic heterocycles. The molecule has 0 unspecified atom stereocenters. The van der Waals surface area contributed by atoms with Gasteiger partial charge in [0, 0.05) is 62.2 Å². The van der Waals surface area contributed by atoms with Crippen molar-refractivity contribution in [2.24, 2.45) is 5.41 Å². The molecule has 0 bridgehead atoms. The van der Waals surface area contributed by atoms with Gasteiger partial charge in [-0.1, -0.05) is 40.0 Å². The fraction of sp³-hybridized carbons (Fsp3) is 0.538. The molecule has 3 heterocycles. The van der Waals surface area contributed by atoms with Crippen molar-refractivity contribution in [3.05, 3.63) is 72.9 Å². The second-order valence-electron chi connectivity index (χ2n) is 8.98. The summed E-state index contributed by atoms with van der Waals surface area (Å²) in [5.41, 5.74) is -0.295. The Hall–Kier alpha value is -2.76. The van der Waals surface area contributed by atoms with Gasteiger partial charge in [-0.15, -0.1) is 0 Å². The molecular weight excluding hydrogens is 396 g/mol. The van der Waals surface area contributed by atoms with Crippen LogP contribution in [0.2, 0.25) is 0 Å². The van der Waals surface area contributed by atoms with E-state index in [1.165, 1.54) is 38.5 Å². The van der Waals surface area contributed by atoms with Gasteiger partial charge >= 0.3 is 0 Å². The Kier molecular flexibility index (Phi) is 8.77. The molecule has 0 radical (unpaired) electrons. The standard InChI is InChI=1S/C26H42N6/c1-5-8-14-30-17-11-27-23(30)20-26(4,21-24-28-12-18-31(24)15-9-6-2)22-25-29-13-19-32(25)16-10-7-3/h11-13,17-22,27-29H,5-10,14-16H2,1-4H3/b23-20-,24-21+,25-22+. The van der Waals surface area contributed by atoms with Crippen molar-refractivity contribution in [2.45, 2.75) is 66.2 Å². The highest BCUT2D eigenvalue weighted by Gasteiger charge is 2.26. The Morgan fingerprint density at radius 3 is 1.22 bits per heavy atom. The molecule has 6 nitrogen and oxygen atoms in total. The van der Waals surface area contributed by atoms with E-state index in [0.717, 1.165) is 37.1 Å². The van der Waals surface area contributed by atoms with E-state index >= 15 is 0 Å². The van der Waals surface area contributed by atoms with Gasteiger partial charge < -0.3 is 30.7 Å². The topological polar surface area (TPSA) is 45.8 Å². The Balaban J connectivity index is 1.91. The number of allylic oxidation sites excluding steroid dienone is 3. The third kappa shape index (κ3) is 6.38. The van der Waals surface area contributed by atoms with Crippen LogP contribution in [0.15, 0.2) is 72.9 Å². The Morgan fingerprint density at radius 2 is 0.938 bits per heavy atom. The fourth-order valence-electron chi connectivity index (χ4n) is 4.08. The highest BCUT2D eigenvalue weighted by molar-refractivity contribution is 5.31. The van der Waals surface area contributed by atoms with Gasteiger partial charge in [0.2, 0.25) is 0 Å². The summed E-state index contributed by atoms with van der Waals surface area (Å²) in [6.07, 6.45) is 26.7. The molecule has 0 aromatic rings. The maximum absolute atomic E-state index is 3.46. The largest absolute Gasteiger partial charge is 0.347 e. The molecular formula is C26H42N6. The zero-order valence-corrected chi connectivity index (χ0v) is 20.4. The van der Waals surface area contributed by atoms with Crippen molar-refractivity contribution in [1.82, 2.24) is 30.7 Å². The van der Waals surface area contributed by atoms with E-state index in [2.05, 4.69) is 95.2 Å². The van der Waals surface area contributed by atoms with Crippen molar-refractivity contribution in [1.29, 1.82) is 0 Å². The molecule has 0 amide bonds.